The van der Waals surface area contributed by atoms with E-state index in [-0.39, 0.29) is 11.6 Å². The summed E-state index contributed by atoms with van der Waals surface area (Å²) in [6.07, 6.45) is 2.88. The zero-order valence-electron chi connectivity index (χ0n) is 14.7. The van der Waals surface area contributed by atoms with Gasteiger partial charge < -0.3 is 9.15 Å². The maximum atomic E-state index is 13.1. The Kier molecular flexibility index (Phi) is 4.86. The van der Waals surface area contributed by atoms with Gasteiger partial charge in [0.15, 0.2) is 5.76 Å². The first-order chi connectivity index (χ1) is 13.6. The first kappa shape index (κ1) is 17.9. The average molecular weight is 395 g/mol. The Morgan fingerprint density at radius 1 is 1.25 bits per heavy atom. The van der Waals surface area contributed by atoms with Crippen molar-refractivity contribution >= 4 is 38.8 Å². The van der Waals surface area contributed by atoms with Crippen LogP contribution in [0.2, 0.25) is 0 Å². The van der Waals surface area contributed by atoms with Crippen molar-refractivity contribution in [3.8, 4) is 5.75 Å². The van der Waals surface area contributed by atoms with Gasteiger partial charge in [-0.3, -0.25) is 4.79 Å². The third-order valence-corrected chi connectivity index (χ3v) is 4.88. The molecule has 0 N–H and O–H groups in total. The van der Waals surface area contributed by atoms with Crippen LogP contribution in [0.5, 0.6) is 5.75 Å². The summed E-state index contributed by atoms with van der Waals surface area (Å²) < 4.78 is 24.4. The number of ether oxygens (including phenoxy) is 1. The third kappa shape index (κ3) is 3.63. The number of carbonyl (C=O) groups is 1. The van der Waals surface area contributed by atoms with Crippen molar-refractivity contribution in [3.05, 3.63) is 78.0 Å². The molecule has 0 unspecified atom stereocenters. The van der Waals surface area contributed by atoms with E-state index in [1.165, 1.54) is 41.0 Å². The topological polar surface area (TPSA) is 67.9 Å². The zero-order valence-corrected chi connectivity index (χ0v) is 15.5. The molecule has 0 radical (unpaired) electrons. The molecular weight excluding hydrogens is 381 g/mol. The number of halogens is 1. The van der Waals surface area contributed by atoms with Gasteiger partial charge in [-0.15, -0.1) is 0 Å². The van der Waals surface area contributed by atoms with Gasteiger partial charge >= 0.3 is 5.91 Å². The van der Waals surface area contributed by atoms with Crippen molar-refractivity contribution in [1.29, 1.82) is 0 Å². The minimum atomic E-state index is -0.464. The number of rotatable bonds is 5. The Balaban J connectivity index is 1.74. The molecule has 1 amide bonds. The van der Waals surface area contributed by atoms with E-state index in [2.05, 4.69) is 10.1 Å². The molecule has 28 heavy (non-hydrogen) atoms. The number of nitrogens with zero attached hydrogens (tertiary/aromatic N) is 3. The molecule has 2 aromatic heterocycles. The number of methoxy groups -OCH3 is 1. The van der Waals surface area contributed by atoms with E-state index in [0.717, 1.165) is 10.2 Å². The standard InChI is InChI=1S/C20H14FN3O3S/c1-26-15-8-9-16-18(11-15)28-20(23-16)24(19(25)17-3-2-10-27-17)22-12-13-4-6-14(21)7-5-13/h2-12H,1H3/b22-12+. The molecule has 0 bridgehead atoms. The Morgan fingerprint density at radius 2 is 2.07 bits per heavy atom. The van der Waals surface area contributed by atoms with Gasteiger partial charge in [0.05, 0.1) is 29.8 Å². The fraction of sp³-hybridized carbons (Fsp3) is 0.0500. The van der Waals surface area contributed by atoms with Crippen LogP contribution in [0.25, 0.3) is 10.2 Å². The largest absolute Gasteiger partial charge is 0.497 e. The Hall–Kier alpha value is -3.52. The lowest BCUT2D eigenvalue weighted by Gasteiger charge is -2.11. The molecule has 6 nitrogen and oxygen atoms in total. The molecule has 2 heterocycles. The van der Waals surface area contributed by atoms with Crippen LogP contribution in [0, 0.1) is 5.82 Å². The van der Waals surface area contributed by atoms with Crippen molar-refractivity contribution in [2.75, 3.05) is 12.1 Å². The molecular formula is C20H14FN3O3S. The fourth-order valence-electron chi connectivity index (χ4n) is 2.48. The second kappa shape index (κ2) is 7.61. The molecule has 4 rings (SSSR count). The van der Waals surface area contributed by atoms with Gasteiger partial charge in [-0.2, -0.15) is 10.1 Å². The number of amides is 1. The quantitative estimate of drug-likeness (QED) is 0.362. The SMILES string of the molecule is COc1ccc2nc(N(/N=C/c3ccc(F)cc3)C(=O)c3ccco3)sc2c1. The lowest BCUT2D eigenvalue weighted by atomic mass is 10.2. The number of benzene rings is 2. The normalized spacial score (nSPS) is 11.2. The minimum absolute atomic E-state index is 0.132. The maximum absolute atomic E-state index is 13.1. The molecule has 8 heteroatoms. The number of fused-ring (bicyclic) bond motifs is 1. The van der Waals surface area contributed by atoms with Crippen LogP contribution < -0.4 is 9.75 Å². The number of hydrogen-bond donors (Lipinski definition) is 0. The number of carbonyl (C=O) groups excluding carboxylic acids is 1. The van der Waals surface area contributed by atoms with Crippen molar-refractivity contribution < 1.29 is 18.3 Å². The molecule has 0 spiro atoms. The number of anilines is 1. The van der Waals surface area contributed by atoms with Crippen LogP contribution in [-0.2, 0) is 0 Å². The summed E-state index contributed by atoms with van der Waals surface area (Å²) in [5.74, 6) is 0.0182. The van der Waals surface area contributed by atoms with E-state index in [4.69, 9.17) is 9.15 Å². The second-order valence-corrected chi connectivity index (χ2v) is 6.73. The number of hydrogen-bond acceptors (Lipinski definition) is 6. The van der Waals surface area contributed by atoms with E-state index in [9.17, 15) is 9.18 Å². The molecule has 0 saturated heterocycles. The van der Waals surface area contributed by atoms with Crippen molar-refractivity contribution in [2.45, 2.75) is 0 Å². The highest BCUT2D eigenvalue weighted by Crippen LogP contribution is 2.32. The number of hydrazone groups is 1. The molecule has 0 aliphatic rings. The third-order valence-electron chi connectivity index (χ3n) is 3.88. The fourth-order valence-corrected chi connectivity index (χ4v) is 3.43. The summed E-state index contributed by atoms with van der Waals surface area (Å²) in [5.41, 5.74) is 1.36. The van der Waals surface area contributed by atoms with Gasteiger partial charge in [-0.1, -0.05) is 23.5 Å². The molecule has 0 atom stereocenters. The molecule has 0 saturated carbocycles. The molecule has 0 aliphatic carbocycles. The summed E-state index contributed by atoms with van der Waals surface area (Å²) >= 11 is 1.30. The van der Waals surface area contributed by atoms with Crippen LogP contribution in [0.1, 0.15) is 16.1 Å². The molecule has 140 valence electrons. The van der Waals surface area contributed by atoms with Gasteiger partial charge in [0.2, 0.25) is 5.13 Å². The first-order valence-corrected chi connectivity index (χ1v) is 9.08. The van der Waals surface area contributed by atoms with E-state index >= 15 is 0 Å². The Morgan fingerprint density at radius 3 is 2.79 bits per heavy atom. The summed E-state index contributed by atoms with van der Waals surface area (Å²) in [7, 11) is 1.59. The van der Waals surface area contributed by atoms with Gasteiger partial charge in [0, 0.05) is 0 Å². The first-order valence-electron chi connectivity index (χ1n) is 8.26. The van der Waals surface area contributed by atoms with Crippen LogP contribution >= 0.6 is 11.3 Å². The van der Waals surface area contributed by atoms with Gasteiger partial charge in [-0.05, 0) is 48.0 Å². The van der Waals surface area contributed by atoms with Crippen LogP contribution in [-0.4, -0.2) is 24.2 Å². The highest BCUT2D eigenvalue weighted by atomic mass is 32.1. The van der Waals surface area contributed by atoms with Crippen LogP contribution in [0.3, 0.4) is 0 Å². The zero-order chi connectivity index (χ0) is 19.5. The van der Waals surface area contributed by atoms with Gasteiger partial charge in [0.1, 0.15) is 11.6 Å². The molecule has 0 aliphatic heterocycles. The van der Waals surface area contributed by atoms with Crippen molar-refractivity contribution in [1.82, 2.24) is 4.98 Å². The summed E-state index contributed by atoms with van der Waals surface area (Å²) in [4.78, 5) is 17.4. The number of aromatic nitrogens is 1. The average Bonchev–Trinajstić information content (AvgIpc) is 3.38. The van der Waals surface area contributed by atoms with Gasteiger partial charge in [0.25, 0.3) is 0 Å². The predicted octanol–water partition coefficient (Wildman–Crippen LogP) is 4.72. The van der Waals surface area contributed by atoms with E-state index < -0.39 is 5.91 Å². The molecule has 2 aromatic carbocycles. The van der Waals surface area contributed by atoms with E-state index in [0.29, 0.717) is 16.4 Å². The Bertz CT molecular complexity index is 1140. The van der Waals surface area contributed by atoms with Crippen LogP contribution in [0.15, 0.2) is 70.4 Å². The maximum Gasteiger partial charge on any atom is 0.316 e. The smallest absolute Gasteiger partial charge is 0.316 e. The monoisotopic (exact) mass is 395 g/mol. The highest BCUT2D eigenvalue weighted by Gasteiger charge is 2.23. The summed E-state index contributed by atoms with van der Waals surface area (Å²) in [5, 5.41) is 5.82. The van der Waals surface area contributed by atoms with Crippen molar-refractivity contribution in [3.63, 3.8) is 0 Å². The number of thiazole rings is 1. The summed E-state index contributed by atoms with van der Waals surface area (Å²) in [6, 6.07) is 14.4. The van der Waals surface area contributed by atoms with E-state index in [1.807, 2.05) is 12.1 Å². The predicted molar refractivity (Wildman–Crippen MR) is 106 cm³/mol. The minimum Gasteiger partial charge on any atom is -0.497 e. The van der Waals surface area contributed by atoms with Crippen LogP contribution in [0.4, 0.5) is 9.52 Å². The molecule has 4 aromatic rings. The van der Waals surface area contributed by atoms with Crippen molar-refractivity contribution in [2.24, 2.45) is 5.10 Å². The number of furan rings is 1. The lowest BCUT2D eigenvalue weighted by Crippen LogP contribution is -2.25. The molecule has 0 fully saturated rings. The summed E-state index contributed by atoms with van der Waals surface area (Å²) in [6.45, 7) is 0. The Labute approximate surface area is 163 Å². The second-order valence-electron chi connectivity index (χ2n) is 5.72. The lowest BCUT2D eigenvalue weighted by molar-refractivity contribution is 0.0961. The highest BCUT2D eigenvalue weighted by molar-refractivity contribution is 7.22. The van der Waals surface area contributed by atoms with Gasteiger partial charge in [-0.25, -0.2) is 9.37 Å². The van der Waals surface area contributed by atoms with E-state index in [1.54, 1.807) is 37.4 Å².